The number of nitrogens with zero attached hydrogens (tertiary/aromatic N) is 4. The number of rotatable bonds is 4. The van der Waals surface area contributed by atoms with Crippen LogP contribution in [0.15, 0.2) is 67.1 Å². The van der Waals surface area contributed by atoms with Gasteiger partial charge in [-0.2, -0.15) is 5.10 Å². The van der Waals surface area contributed by atoms with Gasteiger partial charge in [0.1, 0.15) is 17.1 Å². The van der Waals surface area contributed by atoms with Crippen LogP contribution in [0, 0.1) is 0 Å². The fourth-order valence-electron chi connectivity index (χ4n) is 3.84. The van der Waals surface area contributed by atoms with Crippen molar-refractivity contribution in [2.45, 2.75) is 18.9 Å². The molecule has 3 heterocycles. The Hall–Kier alpha value is -3.42. The lowest BCUT2D eigenvalue weighted by Gasteiger charge is -2.14. The number of amides is 1. The Morgan fingerprint density at radius 2 is 1.91 bits per heavy atom. The zero-order chi connectivity index (χ0) is 22.8. The van der Waals surface area contributed by atoms with Gasteiger partial charge in [0.05, 0.1) is 29.6 Å². The molecule has 0 spiro atoms. The van der Waals surface area contributed by atoms with Crippen LogP contribution in [0.3, 0.4) is 0 Å². The Kier molecular flexibility index (Phi) is 5.98. The molecule has 2 aromatic heterocycles. The Morgan fingerprint density at radius 1 is 1.09 bits per heavy atom. The van der Waals surface area contributed by atoms with Gasteiger partial charge in [-0.05, 0) is 37.1 Å². The highest BCUT2D eigenvalue weighted by Crippen LogP contribution is 2.42. The zero-order valence-electron chi connectivity index (χ0n) is 17.4. The van der Waals surface area contributed by atoms with Gasteiger partial charge in [0.25, 0.3) is 5.91 Å². The molecule has 0 saturated carbocycles. The molecule has 0 radical (unpaired) electrons. The lowest BCUT2D eigenvalue weighted by atomic mass is 10.1. The lowest BCUT2D eigenvalue weighted by molar-refractivity contribution is 0.0928. The van der Waals surface area contributed by atoms with Crippen molar-refractivity contribution in [1.29, 1.82) is 0 Å². The third-order valence-corrected chi connectivity index (χ3v) is 5.95. The normalized spacial score (nSPS) is 15.3. The Labute approximate surface area is 200 Å². The molecule has 2 aromatic carbocycles. The summed E-state index contributed by atoms with van der Waals surface area (Å²) in [6.45, 7) is 0.499. The number of ether oxygens (including phenoxy) is 1. The standard InChI is InChI=1S/C24H19Cl2N5O2/c25-16-9-7-15(8-10-16)22-23-21(30-31(22)20-6-2-1-4-17(20)26)18(5-3-13-33-23)29-24(32)19-14-27-11-12-28-19/h1-2,4,6-12,14,18H,3,5,13H2,(H,29,32). The number of nitrogens with one attached hydrogen (secondary N) is 1. The summed E-state index contributed by atoms with van der Waals surface area (Å²) in [5.41, 5.74) is 3.20. The van der Waals surface area contributed by atoms with E-state index >= 15 is 0 Å². The first-order chi connectivity index (χ1) is 16.1. The molecule has 0 saturated heterocycles. The Balaban J connectivity index is 1.64. The van der Waals surface area contributed by atoms with Gasteiger partial charge < -0.3 is 10.1 Å². The molecule has 166 valence electrons. The first kappa shape index (κ1) is 21.4. The van der Waals surface area contributed by atoms with Gasteiger partial charge in [0.15, 0.2) is 5.75 Å². The van der Waals surface area contributed by atoms with Crippen molar-refractivity contribution >= 4 is 29.1 Å². The summed E-state index contributed by atoms with van der Waals surface area (Å²) < 4.78 is 7.95. The number of halogens is 2. The second-order valence-corrected chi connectivity index (χ2v) is 8.38. The predicted octanol–water partition coefficient (Wildman–Crippen LogP) is 5.28. The molecule has 7 nitrogen and oxygen atoms in total. The van der Waals surface area contributed by atoms with E-state index in [1.54, 1.807) is 4.68 Å². The van der Waals surface area contributed by atoms with Crippen molar-refractivity contribution in [3.8, 4) is 22.7 Å². The fourth-order valence-corrected chi connectivity index (χ4v) is 4.18. The van der Waals surface area contributed by atoms with Crippen LogP contribution in [0.1, 0.15) is 35.1 Å². The van der Waals surface area contributed by atoms with E-state index in [0.717, 1.165) is 17.7 Å². The Bertz CT molecular complexity index is 1290. The molecule has 1 aliphatic heterocycles. The highest BCUT2D eigenvalue weighted by molar-refractivity contribution is 6.32. The minimum absolute atomic E-state index is 0.243. The van der Waals surface area contributed by atoms with Crippen molar-refractivity contribution < 1.29 is 9.53 Å². The first-order valence-corrected chi connectivity index (χ1v) is 11.2. The van der Waals surface area contributed by atoms with E-state index in [4.69, 9.17) is 33.0 Å². The van der Waals surface area contributed by atoms with Crippen LogP contribution in [-0.2, 0) is 0 Å². The molecule has 4 aromatic rings. The van der Waals surface area contributed by atoms with Crippen LogP contribution in [-0.4, -0.2) is 32.3 Å². The number of fused-ring (bicyclic) bond motifs is 1. The Morgan fingerprint density at radius 3 is 2.67 bits per heavy atom. The predicted molar refractivity (Wildman–Crippen MR) is 126 cm³/mol. The van der Waals surface area contributed by atoms with Gasteiger partial charge in [0.2, 0.25) is 0 Å². The van der Waals surface area contributed by atoms with Crippen molar-refractivity contribution in [1.82, 2.24) is 25.1 Å². The maximum atomic E-state index is 12.8. The summed E-state index contributed by atoms with van der Waals surface area (Å²) in [6.07, 6.45) is 5.87. The molecule has 1 unspecified atom stereocenters. The molecule has 1 aliphatic rings. The molecule has 9 heteroatoms. The number of para-hydroxylation sites is 1. The van der Waals surface area contributed by atoms with Crippen LogP contribution < -0.4 is 10.1 Å². The van der Waals surface area contributed by atoms with Crippen LogP contribution in [0.2, 0.25) is 10.0 Å². The van der Waals surface area contributed by atoms with E-state index in [9.17, 15) is 4.79 Å². The third-order valence-electron chi connectivity index (χ3n) is 5.38. The monoisotopic (exact) mass is 479 g/mol. The number of hydrogen-bond donors (Lipinski definition) is 1. The first-order valence-electron chi connectivity index (χ1n) is 10.5. The topological polar surface area (TPSA) is 81.9 Å². The maximum absolute atomic E-state index is 12.8. The van der Waals surface area contributed by atoms with Gasteiger partial charge in [-0.1, -0.05) is 47.5 Å². The van der Waals surface area contributed by atoms with Crippen LogP contribution in [0.25, 0.3) is 16.9 Å². The summed E-state index contributed by atoms with van der Waals surface area (Å²) in [4.78, 5) is 20.9. The number of benzene rings is 2. The molecule has 1 N–H and O–H groups in total. The minimum atomic E-state index is -0.369. The molecule has 1 amide bonds. The quantitative estimate of drug-likeness (QED) is 0.430. The van der Waals surface area contributed by atoms with E-state index in [1.807, 2.05) is 48.5 Å². The molecule has 5 rings (SSSR count). The van der Waals surface area contributed by atoms with Gasteiger partial charge in [-0.3, -0.25) is 9.78 Å². The van der Waals surface area contributed by atoms with Gasteiger partial charge >= 0.3 is 0 Å². The van der Waals surface area contributed by atoms with E-state index in [2.05, 4.69) is 15.3 Å². The summed E-state index contributed by atoms with van der Waals surface area (Å²) in [5.74, 6) is 0.292. The van der Waals surface area contributed by atoms with Crippen molar-refractivity contribution in [3.05, 3.63) is 88.6 Å². The molecule has 1 atom stereocenters. The SMILES string of the molecule is O=C(NC1CCCOc2c1nn(-c1ccccc1Cl)c2-c1ccc(Cl)cc1)c1cnccn1. The lowest BCUT2D eigenvalue weighted by Crippen LogP contribution is -2.29. The second-order valence-electron chi connectivity index (χ2n) is 7.54. The summed E-state index contributed by atoms with van der Waals surface area (Å²) >= 11 is 12.7. The van der Waals surface area contributed by atoms with Crippen molar-refractivity contribution in [3.63, 3.8) is 0 Å². The molecule has 0 bridgehead atoms. The van der Waals surface area contributed by atoms with E-state index in [0.29, 0.717) is 40.2 Å². The fraction of sp³-hybridized carbons (Fsp3) is 0.167. The number of aromatic nitrogens is 4. The maximum Gasteiger partial charge on any atom is 0.272 e. The smallest absolute Gasteiger partial charge is 0.272 e. The summed E-state index contributed by atoms with van der Waals surface area (Å²) in [5, 5.41) is 9.11. The van der Waals surface area contributed by atoms with Crippen LogP contribution in [0.5, 0.6) is 5.75 Å². The van der Waals surface area contributed by atoms with Gasteiger partial charge in [0, 0.05) is 23.0 Å². The molecular formula is C24H19Cl2N5O2. The second kappa shape index (κ2) is 9.21. The highest BCUT2D eigenvalue weighted by atomic mass is 35.5. The van der Waals surface area contributed by atoms with Crippen LogP contribution >= 0.6 is 23.2 Å². The van der Waals surface area contributed by atoms with E-state index < -0.39 is 0 Å². The van der Waals surface area contributed by atoms with Gasteiger partial charge in [-0.25, -0.2) is 9.67 Å². The summed E-state index contributed by atoms with van der Waals surface area (Å²) in [7, 11) is 0. The number of carbonyl (C=O) groups excluding carboxylic acids is 1. The zero-order valence-corrected chi connectivity index (χ0v) is 18.9. The molecular weight excluding hydrogens is 461 g/mol. The highest BCUT2D eigenvalue weighted by Gasteiger charge is 2.31. The average molecular weight is 480 g/mol. The van der Waals surface area contributed by atoms with E-state index in [1.165, 1.54) is 18.6 Å². The largest absolute Gasteiger partial charge is 0.489 e. The number of carbonyl (C=O) groups is 1. The molecule has 33 heavy (non-hydrogen) atoms. The van der Waals surface area contributed by atoms with Crippen molar-refractivity contribution in [2.75, 3.05) is 6.61 Å². The van der Waals surface area contributed by atoms with Crippen LogP contribution in [0.4, 0.5) is 0 Å². The summed E-state index contributed by atoms with van der Waals surface area (Å²) in [6, 6.07) is 14.5. The van der Waals surface area contributed by atoms with Crippen molar-refractivity contribution in [2.24, 2.45) is 0 Å². The molecule has 0 aliphatic carbocycles. The van der Waals surface area contributed by atoms with Gasteiger partial charge in [-0.15, -0.1) is 0 Å². The third kappa shape index (κ3) is 4.29. The molecule has 0 fully saturated rings. The minimum Gasteiger partial charge on any atom is -0.489 e. The average Bonchev–Trinajstić information content (AvgIpc) is 3.10. The van der Waals surface area contributed by atoms with E-state index in [-0.39, 0.29) is 17.6 Å². The number of hydrogen-bond acceptors (Lipinski definition) is 5.